The van der Waals surface area contributed by atoms with Crippen LogP contribution in [0.3, 0.4) is 0 Å². The lowest BCUT2D eigenvalue weighted by Crippen LogP contribution is -2.60. The molecule has 0 aromatic heterocycles. The Bertz CT molecular complexity index is 926. The topological polar surface area (TPSA) is 81.7 Å². The summed E-state index contributed by atoms with van der Waals surface area (Å²) in [4.78, 5) is 28.4. The molecule has 2 aliphatic heterocycles. The lowest BCUT2D eigenvalue weighted by Gasteiger charge is -2.51. The van der Waals surface area contributed by atoms with E-state index in [4.69, 9.17) is 11.6 Å². The van der Waals surface area contributed by atoms with Crippen LogP contribution in [0.4, 0.5) is 0 Å². The van der Waals surface area contributed by atoms with E-state index in [1.54, 1.807) is 12.1 Å². The Labute approximate surface area is 215 Å². The highest BCUT2D eigenvalue weighted by atomic mass is 35.5. The molecule has 3 fully saturated rings. The predicted molar refractivity (Wildman–Crippen MR) is 139 cm³/mol. The summed E-state index contributed by atoms with van der Waals surface area (Å²) < 4.78 is 0. The Morgan fingerprint density at radius 2 is 1.91 bits per heavy atom. The van der Waals surface area contributed by atoms with Crippen molar-refractivity contribution >= 4 is 23.4 Å². The van der Waals surface area contributed by atoms with E-state index < -0.39 is 17.1 Å². The van der Waals surface area contributed by atoms with Gasteiger partial charge in [0, 0.05) is 35.5 Å². The molecule has 194 valence electrons. The van der Waals surface area contributed by atoms with Crippen molar-refractivity contribution in [2.75, 3.05) is 19.6 Å². The number of piperidine rings is 1. The van der Waals surface area contributed by atoms with E-state index in [0.29, 0.717) is 36.9 Å². The molecule has 2 heterocycles. The highest BCUT2D eigenvalue weighted by Crippen LogP contribution is 2.46. The fourth-order valence-corrected chi connectivity index (χ4v) is 6.77. The van der Waals surface area contributed by atoms with E-state index in [0.717, 1.165) is 31.4 Å². The smallest absolute Gasteiger partial charge is 0.245 e. The van der Waals surface area contributed by atoms with Gasteiger partial charge in [-0.25, -0.2) is 0 Å². The molecular weight excluding hydrogens is 462 g/mol. The van der Waals surface area contributed by atoms with Crippen molar-refractivity contribution in [2.24, 2.45) is 17.3 Å². The lowest BCUT2D eigenvalue weighted by molar-refractivity contribution is -0.156. The minimum atomic E-state index is -1.06. The van der Waals surface area contributed by atoms with Gasteiger partial charge in [0.25, 0.3) is 0 Å². The fourth-order valence-electron chi connectivity index (χ4n) is 6.64. The SMILES string of the molecule is CC(C)[C@@H](NC(=O)C[C@@H]1CCC2(CCCN2)C1)C(=O)N1CC[C@](O)(c2ccc(Cl)cc2)C(C)(C)C1. The van der Waals surface area contributed by atoms with Gasteiger partial charge in [-0.1, -0.05) is 51.4 Å². The fraction of sp³-hybridized carbons (Fsp3) is 0.714. The van der Waals surface area contributed by atoms with Crippen molar-refractivity contribution in [3.8, 4) is 0 Å². The number of carbonyl (C=O) groups is 2. The Morgan fingerprint density at radius 1 is 1.20 bits per heavy atom. The monoisotopic (exact) mass is 503 g/mol. The summed E-state index contributed by atoms with van der Waals surface area (Å²) in [5.41, 5.74) is -0.554. The second-order valence-electron chi connectivity index (χ2n) is 12.2. The van der Waals surface area contributed by atoms with Gasteiger partial charge in [0.05, 0.1) is 5.60 Å². The van der Waals surface area contributed by atoms with Crippen LogP contribution in [0.5, 0.6) is 0 Å². The Hall–Kier alpha value is -1.63. The van der Waals surface area contributed by atoms with Gasteiger partial charge < -0.3 is 20.6 Å². The third-order valence-corrected chi connectivity index (χ3v) is 9.10. The third kappa shape index (κ3) is 5.40. The minimum Gasteiger partial charge on any atom is -0.384 e. The number of aliphatic hydroxyl groups is 1. The van der Waals surface area contributed by atoms with Crippen LogP contribution in [0.15, 0.2) is 24.3 Å². The second-order valence-corrected chi connectivity index (χ2v) is 12.6. The number of halogens is 1. The molecule has 1 spiro atoms. The van der Waals surface area contributed by atoms with Gasteiger partial charge in [-0.3, -0.25) is 9.59 Å². The summed E-state index contributed by atoms with van der Waals surface area (Å²) in [6.07, 6.45) is 6.64. The molecule has 1 aromatic rings. The maximum Gasteiger partial charge on any atom is 0.245 e. The lowest BCUT2D eigenvalue weighted by atomic mass is 9.66. The number of hydrogen-bond acceptors (Lipinski definition) is 4. The molecule has 4 rings (SSSR count). The van der Waals surface area contributed by atoms with Crippen LogP contribution in [0.25, 0.3) is 0 Å². The quantitative estimate of drug-likeness (QED) is 0.542. The molecular formula is C28H42ClN3O3. The van der Waals surface area contributed by atoms with Gasteiger partial charge in [-0.2, -0.15) is 0 Å². The van der Waals surface area contributed by atoms with Crippen molar-refractivity contribution in [1.29, 1.82) is 0 Å². The molecule has 0 bridgehead atoms. The minimum absolute atomic E-state index is 0.0157. The summed E-state index contributed by atoms with van der Waals surface area (Å²) in [6, 6.07) is 6.77. The number of benzene rings is 1. The molecule has 35 heavy (non-hydrogen) atoms. The standard InChI is InChI=1S/C28H42ClN3O3/c1-19(2)24(31-23(33)16-20-10-12-27(17-20)11-5-14-30-27)25(34)32-15-13-28(35,26(3,4)18-32)21-6-8-22(29)9-7-21/h6-9,19-20,24,30,35H,5,10-18H2,1-4H3,(H,31,33)/t20-,24+,27?,28-/m0/s1. The van der Waals surface area contributed by atoms with Gasteiger partial charge >= 0.3 is 0 Å². The van der Waals surface area contributed by atoms with Crippen LogP contribution < -0.4 is 10.6 Å². The molecule has 3 aliphatic rings. The summed E-state index contributed by atoms with van der Waals surface area (Å²) in [7, 11) is 0. The van der Waals surface area contributed by atoms with Crippen LogP contribution in [0.2, 0.25) is 5.02 Å². The third-order valence-electron chi connectivity index (χ3n) is 8.85. The summed E-state index contributed by atoms with van der Waals surface area (Å²) >= 11 is 6.05. The first-order chi connectivity index (χ1) is 16.4. The van der Waals surface area contributed by atoms with E-state index in [1.165, 1.54) is 12.8 Å². The molecule has 1 aliphatic carbocycles. The number of rotatable bonds is 6. The molecule has 2 amide bonds. The molecule has 1 aromatic carbocycles. The number of likely N-dealkylation sites (tertiary alicyclic amines) is 1. The van der Waals surface area contributed by atoms with Gasteiger partial charge in [-0.05, 0) is 74.6 Å². The molecule has 4 atom stereocenters. The molecule has 1 unspecified atom stereocenters. The van der Waals surface area contributed by atoms with E-state index in [-0.39, 0.29) is 23.3 Å². The van der Waals surface area contributed by atoms with Crippen molar-refractivity contribution in [2.45, 2.75) is 89.8 Å². The van der Waals surface area contributed by atoms with Crippen LogP contribution in [-0.2, 0) is 15.2 Å². The summed E-state index contributed by atoms with van der Waals surface area (Å²) in [5, 5.41) is 19.0. The Morgan fingerprint density at radius 3 is 2.51 bits per heavy atom. The van der Waals surface area contributed by atoms with Gasteiger partial charge in [0.2, 0.25) is 11.8 Å². The molecule has 2 saturated heterocycles. The Balaban J connectivity index is 1.38. The van der Waals surface area contributed by atoms with E-state index in [2.05, 4.69) is 10.6 Å². The summed E-state index contributed by atoms with van der Waals surface area (Å²) in [5.74, 6) is 0.288. The average molecular weight is 504 g/mol. The molecule has 3 N–H and O–H groups in total. The first-order valence-electron chi connectivity index (χ1n) is 13.3. The Kier molecular flexibility index (Phi) is 7.57. The van der Waals surface area contributed by atoms with Gasteiger partial charge in [-0.15, -0.1) is 0 Å². The second kappa shape index (κ2) is 10.0. The van der Waals surface area contributed by atoms with Gasteiger partial charge in [0.1, 0.15) is 6.04 Å². The summed E-state index contributed by atoms with van der Waals surface area (Å²) in [6.45, 7) is 9.90. The van der Waals surface area contributed by atoms with Crippen LogP contribution >= 0.6 is 11.6 Å². The predicted octanol–water partition coefficient (Wildman–Crippen LogP) is 4.24. The highest BCUT2D eigenvalue weighted by molar-refractivity contribution is 6.30. The molecule has 6 nitrogen and oxygen atoms in total. The van der Waals surface area contributed by atoms with E-state index in [9.17, 15) is 14.7 Å². The number of carbonyl (C=O) groups excluding carboxylic acids is 2. The average Bonchev–Trinajstić information content (AvgIpc) is 3.42. The number of amides is 2. The van der Waals surface area contributed by atoms with Gasteiger partial charge in [0.15, 0.2) is 0 Å². The van der Waals surface area contributed by atoms with Crippen molar-refractivity contribution in [3.05, 3.63) is 34.9 Å². The largest absolute Gasteiger partial charge is 0.384 e. The van der Waals surface area contributed by atoms with Crippen LogP contribution in [0, 0.1) is 17.3 Å². The van der Waals surface area contributed by atoms with Crippen LogP contribution in [-0.4, -0.2) is 53.0 Å². The van der Waals surface area contributed by atoms with Crippen LogP contribution in [0.1, 0.15) is 78.2 Å². The first kappa shape index (κ1) is 26.4. The molecule has 7 heteroatoms. The highest BCUT2D eigenvalue weighted by Gasteiger charge is 2.50. The zero-order chi connectivity index (χ0) is 25.4. The number of nitrogens with zero attached hydrogens (tertiary/aromatic N) is 1. The normalized spacial score (nSPS) is 31.2. The number of nitrogens with one attached hydrogen (secondary N) is 2. The maximum atomic E-state index is 13.6. The van der Waals surface area contributed by atoms with Crippen molar-refractivity contribution in [3.63, 3.8) is 0 Å². The van der Waals surface area contributed by atoms with E-state index in [1.807, 2.05) is 44.7 Å². The van der Waals surface area contributed by atoms with Crippen molar-refractivity contribution in [1.82, 2.24) is 15.5 Å². The maximum absolute atomic E-state index is 13.6. The van der Waals surface area contributed by atoms with E-state index >= 15 is 0 Å². The zero-order valence-electron chi connectivity index (χ0n) is 21.7. The number of hydrogen-bond donors (Lipinski definition) is 3. The zero-order valence-corrected chi connectivity index (χ0v) is 22.5. The molecule has 0 radical (unpaired) electrons. The van der Waals surface area contributed by atoms with Crippen molar-refractivity contribution < 1.29 is 14.7 Å². The first-order valence-corrected chi connectivity index (χ1v) is 13.6. The molecule has 1 saturated carbocycles.